The van der Waals surface area contributed by atoms with E-state index in [0.717, 1.165) is 16.5 Å². The van der Waals surface area contributed by atoms with Gasteiger partial charge in [-0.25, -0.2) is 0 Å². The number of anilines is 1. The van der Waals surface area contributed by atoms with Crippen molar-refractivity contribution >= 4 is 28.3 Å². The van der Waals surface area contributed by atoms with Gasteiger partial charge < -0.3 is 16.0 Å². The van der Waals surface area contributed by atoms with Crippen molar-refractivity contribution in [3.05, 3.63) is 42.5 Å². The first-order chi connectivity index (χ1) is 10.2. The summed E-state index contributed by atoms with van der Waals surface area (Å²) in [5.74, 6) is -0.282. The average molecular weight is 283 g/mol. The second-order valence-corrected chi connectivity index (χ2v) is 5.08. The van der Waals surface area contributed by atoms with Crippen LogP contribution < -0.4 is 16.0 Å². The molecule has 2 amide bonds. The van der Waals surface area contributed by atoms with Crippen LogP contribution in [0.1, 0.15) is 6.42 Å². The Bertz CT molecular complexity index is 679. The number of carbonyl (C=O) groups is 2. The molecule has 1 atom stereocenters. The van der Waals surface area contributed by atoms with Gasteiger partial charge in [0.25, 0.3) is 0 Å². The number of hydrogen-bond acceptors (Lipinski definition) is 3. The van der Waals surface area contributed by atoms with Crippen LogP contribution in [0.25, 0.3) is 10.8 Å². The highest BCUT2D eigenvalue weighted by Crippen LogP contribution is 2.23. The van der Waals surface area contributed by atoms with Crippen LogP contribution in [0.15, 0.2) is 42.5 Å². The smallest absolute Gasteiger partial charge is 0.237 e. The number of fused-ring (bicyclic) bond motifs is 1. The van der Waals surface area contributed by atoms with Crippen LogP contribution in [0.4, 0.5) is 5.69 Å². The molecule has 3 N–H and O–H groups in total. The number of carbonyl (C=O) groups excluding carboxylic acids is 2. The number of rotatable bonds is 3. The molecule has 21 heavy (non-hydrogen) atoms. The summed E-state index contributed by atoms with van der Waals surface area (Å²) in [6.45, 7) is 1.30. The highest BCUT2D eigenvalue weighted by atomic mass is 16.2. The van der Waals surface area contributed by atoms with E-state index in [4.69, 9.17) is 0 Å². The zero-order chi connectivity index (χ0) is 14.7. The first-order valence-electron chi connectivity index (χ1n) is 7.03. The predicted octanol–water partition coefficient (Wildman–Crippen LogP) is 1.26. The van der Waals surface area contributed by atoms with Gasteiger partial charge in [-0.05, 0) is 11.5 Å². The molecular formula is C16H17N3O2. The van der Waals surface area contributed by atoms with E-state index in [1.165, 1.54) is 0 Å². The standard InChI is InChI=1S/C16H17N3O2/c20-15(10-14-16(21)18-9-8-17-14)19-13-7-3-5-11-4-1-2-6-12(11)13/h1-7,14,17H,8-10H2,(H,18,21)(H,19,20)/t14-/m0/s1. The summed E-state index contributed by atoms with van der Waals surface area (Å²) >= 11 is 0. The molecule has 0 saturated carbocycles. The van der Waals surface area contributed by atoms with E-state index in [2.05, 4.69) is 16.0 Å². The minimum Gasteiger partial charge on any atom is -0.353 e. The van der Waals surface area contributed by atoms with Gasteiger partial charge >= 0.3 is 0 Å². The van der Waals surface area contributed by atoms with E-state index in [1.807, 2.05) is 42.5 Å². The van der Waals surface area contributed by atoms with Crippen molar-refractivity contribution in [1.82, 2.24) is 10.6 Å². The zero-order valence-corrected chi connectivity index (χ0v) is 11.6. The molecule has 3 rings (SSSR count). The van der Waals surface area contributed by atoms with Crippen LogP contribution in [0, 0.1) is 0 Å². The third-order valence-corrected chi connectivity index (χ3v) is 3.58. The number of piperazine rings is 1. The molecule has 0 radical (unpaired) electrons. The van der Waals surface area contributed by atoms with Gasteiger partial charge in [-0.15, -0.1) is 0 Å². The topological polar surface area (TPSA) is 70.2 Å². The van der Waals surface area contributed by atoms with Crippen molar-refractivity contribution in [1.29, 1.82) is 0 Å². The Labute approximate surface area is 122 Å². The van der Waals surface area contributed by atoms with Crippen LogP contribution >= 0.6 is 0 Å². The quantitative estimate of drug-likeness (QED) is 0.794. The van der Waals surface area contributed by atoms with E-state index in [1.54, 1.807) is 0 Å². The predicted molar refractivity (Wildman–Crippen MR) is 82.0 cm³/mol. The molecule has 1 aliphatic heterocycles. The van der Waals surface area contributed by atoms with Crippen LogP contribution in [0.2, 0.25) is 0 Å². The minimum absolute atomic E-state index is 0.116. The lowest BCUT2D eigenvalue weighted by Crippen LogP contribution is -2.53. The maximum absolute atomic E-state index is 12.1. The van der Waals surface area contributed by atoms with Gasteiger partial charge in [-0.3, -0.25) is 9.59 Å². The molecule has 1 heterocycles. The van der Waals surface area contributed by atoms with Crippen molar-refractivity contribution in [3.63, 3.8) is 0 Å². The normalized spacial score (nSPS) is 18.3. The Morgan fingerprint density at radius 2 is 1.95 bits per heavy atom. The molecule has 1 fully saturated rings. The molecule has 0 unspecified atom stereocenters. The lowest BCUT2D eigenvalue weighted by molar-refractivity contribution is -0.127. The summed E-state index contributed by atoms with van der Waals surface area (Å²) in [6, 6.07) is 13.2. The molecular weight excluding hydrogens is 266 g/mol. The Kier molecular flexibility index (Phi) is 3.83. The summed E-state index contributed by atoms with van der Waals surface area (Å²) in [5, 5.41) is 10.8. The Balaban J connectivity index is 1.73. The van der Waals surface area contributed by atoms with E-state index >= 15 is 0 Å². The molecule has 2 aromatic rings. The fraction of sp³-hybridized carbons (Fsp3) is 0.250. The lowest BCUT2D eigenvalue weighted by Gasteiger charge is -2.23. The lowest BCUT2D eigenvalue weighted by atomic mass is 10.1. The number of amides is 2. The Morgan fingerprint density at radius 1 is 1.14 bits per heavy atom. The highest BCUT2D eigenvalue weighted by molar-refractivity contribution is 6.03. The van der Waals surface area contributed by atoms with Crippen LogP contribution in [0.3, 0.4) is 0 Å². The molecule has 108 valence electrons. The minimum atomic E-state index is -0.450. The van der Waals surface area contributed by atoms with E-state index in [9.17, 15) is 9.59 Å². The van der Waals surface area contributed by atoms with Gasteiger partial charge in [0.15, 0.2) is 0 Å². The number of hydrogen-bond donors (Lipinski definition) is 3. The second-order valence-electron chi connectivity index (χ2n) is 5.08. The fourth-order valence-corrected chi connectivity index (χ4v) is 2.53. The first-order valence-corrected chi connectivity index (χ1v) is 7.03. The van der Waals surface area contributed by atoms with E-state index in [0.29, 0.717) is 13.1 Å². The van der Waals surface area contributed by atoms with Crippen LogP contribution in [0.5, 0.6) is 0 Å². The maximum atomic E-state index is 12.1. The second kappa shape index (κ2) is 5.93. The largest absolute Gasteiger partial charge is 0.353 e. The van der Waals surface area contributed by atoms with E-state index < -0.39 is 6.04 Å². The first kappa shape index (κ1) is 13.6. The maximum Gasteiger partial charge on any atom is 0.237 e. The Hall–Kier alpha value is -2.40. The van der Waals surface area contributed by atoms with Gasteiger partial charge in [-0.2, -0.15) is 0 Å². The molecule has 2 aromatic carbocycles. The molecule has 5 heteroatoms. The highest BCUT2D eigenvalue weighted by Gasteiger charge is 2.24. The SMILES string of the molecule is O=C(C[C@@H]1NCCNC1=O)Nc1cccc2ccccc12. The molecule has 0 aliphatic carbocycles. The zero-order valence-electron chi connectivity index (χ0n) is 11.6. The molecule has 0 aromatic heterocycles. The molecule has 0 spiro atoms. The summed E-state index contributed by atoms with van der Waals surface area (Å²) < 4.78 is 0. The third-order valence-electron chi connectivity index (χ3n) is 3.58. The molecule has 1 saturated heterocycles. The van der Waals surface area contributed by atoms with Crippen LogP contribution in [-0.2, 0) is 9.59 Å². The van der Waals surface area contributed by atoms with Crippen LogP contribution in [-0.4, -0.2) is 30.9 Å². The average Bonchev–Trinajstić information content (AvgIpc) is 2.50. The summed E-state index contributed by atoms with van der Waals surface area (Å²) in [4.78, 5) is 23.8. The van der Waals surface area contributed by atoms with Crippen molar-refractivity contribution in [2.24, 2.45) is 0 Å². The summed E-state index contributed by atoms with van der Waals surface area (Å²) in [7, 11) is 0. The molecule has 5 nitrogen and oxygen atoms in total. The summed E-state index contributed by atoms with van der Waals surface area (Å²) in [6.07, 6.45) is 0.134. The number of nitrogens with one attached hydrogen (secondary N) is 3. The Morgan fingerprint density at radius 3 is 2.81 bits per heavy atom. The summed E-state index contributed by atoms with van der Waals surface area (Å²) in [5.41, 5.74) is 0.773. The fourth-order valence-electron chi connectivity index (χ4n) is 2.53. The molecule has 1 aliphatic rings. The van der Waals surface area contributed by atoms with Gasteiger partial charge in [0.2, 0.25) is 11.8 Å². The van der Waals surface area contributed by atoms with Crippen molar-refractivity contribution in [2.75, 3.05) is 18.4 Å². The van der Waals surface area contributed by atoms with Gasteiger partial charge in [-0.1, -0.05) is 36.4 Å². The van der Waals surface area contributed by atoms with Crippen molar-refractivity contribution in [3.8, 4) is 0 Å². The third kappa shape index (κ3) is 3.03. The van der Waals surface area contributed by atoms with Gasteiger partial charge in [0, 0.05) is 24.2 Å². The van der Waals surface area contributed by atoms with Gasteiger partial charge in [0.1, 0.15) is 0 Å². The molecule has 0 bridgehead atoms. The van der Waals surface area contributed by atoms with E-state index in [-0.39, 0.29) is 18.2 Å². The monoisotopic (exact) mass is 283 g/mol. The van der Waals surface area contributed by atoms with Gasteiger partial charge in [0.05, 0.1) is 12.5 Å². The number of benzene rings is 2. The van der Waals surface area contributed by atoms with Crippen molar-refractivity contribution in [2.45, 2.75) is 12.5 Å². The van der Waals surface area contributed by atoms with Crippen molar-refractivity contribution < 1.29 is 9.59 Å².